The number of aliphatic hydroxyl groups excluding tert-OH is 12. The van der Waals surface area contributed by atoms with Crippen LogP contribution in [0.1, 0.15) is 149 Å². The standard InChI is InChI=1S/C81H125N11O33/c1-9-11-12-13-14-15-16-17-18-19-20-21-52(122-80-68(109)69(51(100)37-119-80)125-79-60(84-42(7)97)65(106)62(103)53(35-93)123-79)64(105)77(117)90-58(39(4)96)74(114)91-59-40(5)120-78(118)50(33-44-24-28-46(99)29-25-44)88-76(116)61(41(6)121-81-67(108)66(107)63(104)54(36-94)124-81)92(8)56(102)34-83-70(110)48(30-31-55(82)101)86-71(111)47(10-2)85-72(112)49(32-43-22-26-45(98)27-23-43)87-73(113)57(38(3)95)89-75(59)115/h10,22-29,38-41,48-54,57-69,79-81,93-96,98-100,103-109H,9,11-21,30-37H2,1-8H3,(H2,82,101)(H,83,110)(H,84,97)(H,85,112)(H,86,111)(H,87,113)(H,88,116)(H,89,115)(H,90,117)(H,91,114)/b47-10-/t38-,39-,40+,41-,48-,49-,50+,51?,52?,53?,54?,57-,58+,59-,60?,61+,62?,63?,64?,65?,66?,67?,68?,69?,79?,80?,81?/m1/s1. The zero-order valence-electron chi connectivity index (χ0n) is 71.0. The molecule has 2 aromatic rings. The number of likely N-dealkylation sites (N-methyl/N-ethyl adjacent to an activating group) is 1. The number of ether oxygens (including phenoxy) is 7. The van der Waals surface area contributed by atoms with Gasteiger partial charge < -0.3 is 163 Å². The van der Waals surface area contributed by atoms with E-state index in [1.807, 2.05) is 0 Å². The van der Waals surface area contributed by atoms with Crippen molar-refractivity contribution < 1.29 is 162 Å². The number of carbonyl (C=O) groups excluding carboxylic acids is 12. The number of rotatable bonds is 36. The molecule has 16 unspecified atom stereocenters. The Morgan fingerprint density at radius 2 is 1.18 bits per heavy atom. The lowest BCUT2D eigenvalue weighted by Gasteiger charge is -2.46. The first-order chi connectivity index (χ1) is 59.1. The monoisotopic (exact) mass is 1780 g/mol. The lowest BCUT2D eigenvalue weighted by molar-refractivity contribution is -0.339. The number of phenolic OH excluding ortho intramolecular Hbond substituents is 2. The van der Waals surface area contributed by atoms with Crippen molar-refractivity contribution in [1.82, 2.24) is 52.8 Å². The molecule has 125 heavy (non-hydrogen) atoms. The van der Waals surface area contributed by atoms with Gasteiger partial charge in [-0.25, -0.2) is 4.79 Å². The number of nitrogens with one attached hydrogen (secondary N) is 9. The number of amides is 11. The second-order valence-corrected chi connectivity index (χ2v) is 31.6. The van der Waals surface area contributed by atoms with Crippen LogP contribution in [0.3, 0.4) is 0 Å². The van der Waals surface area contributed by atoms with Crippen molar-refractivity contribution in [3.05, 3.63) is 71.4 Å². The zero-order valence-corrected chi connectivity index (χ0v) is 71.0. The van der Waals surface area contributed by atoms with E-state index < -0.39 is 294 Å². The highest BCUT2D eigenvalue weighted by atomic mass is 16.7. The van der Waals surface area contributed by atoms with Gasteiger partial charge in [-0.3, -0.25) is 52.7 Å². The van der Waals surface area contributed by atoms with Crippen LogP contribution >= 0.6 is 0 Å². The van der Waals surface area contributed by atoms with Gasteiger partial charge in [0, 0.05) is 33.2 Å². The molecule has 6 rings (SSSR count). The molecule has 0 aromatic heterocycles. The maximum Gasteiger partial charge on any atom is 0.329 e. The van der Waals surface area contributed by atoms with E-state index in [1.165, 1.54) is 55.5 Å². The lowest BCUT2D eigenvalue weighted by atomic mass is 9.96. The number of primary amides is 1. The Morgan fingerprint density at radius 3 is 1.73 bits per heavy atom. The highest BCUT2D eigenvalue weighted by Crippen LogP contribution is 2.31. The molecule has 25 N–H and O–H groups in total. The SMILES string of the molecule is C/C=C1\NC(=O)[C@@H](Cc2ccc(O)cc2)NC(=O)[C@@H]([C@@H](C)O)NC(=O)[C@H](NC(=O)[C@@H](NC(=O)C(O)C(CCCCCCCCCCCCC)OC2OCC(O)C(OC3OC(CO)C(O)C(O)C3NC(C)=O)C2O)[C@@H](C)O)[C@H](C)OC(=O)[C@H](Cc2ccc(O)cc2)NC(=O)[C@H]([C@@H](C)OC2OC(CO)C(O)C(O)C2O)N(C)C(=O)CNC(=O)[C@@H](CCC(N)=O)NC1=O. The van der Waals surface area contributed by atoms with Gasteiger partial charge >= 0.3 is 5.97 Å². The number of phenols is 2. The van der Waals surface area contributed by atoms with Gasteiger partial charge in [-0.05, 0) is 82.9 Å². The van der Waals surface area contributed by atoms with Crippen LogP contribution in [0.5, 0.6) is 11.5 Å². The molecule has 0 saturated carbocycles. The number of hydrogen-bond acceptors (Lipinski definition) is 33. The number of esters is 1. The van der Waals surface area contributed by atoms with Gasteiger partial charge in [0.25, 0.3) is 11.8 Å². The van der Waals surface area contributed by atoms with Crippen LogP contribution in [-0.2, 0) is 104 Å². The van der Waals surface area contributed by atoms with Gasteiger partial charge in [0.05, 0.1) is 50.8 Å². The summed E-state index contributed by atoms with van der Waals surface area (Å²) in [6, 6.07) is -6.20. The van der Waals surface area contributed by atoms with Crippen LogP contribution in [0.15, 0.2) is 60.3 Å². The van der Waals surface area contributed by atoms with Gasteiger partial charge in [-0.15, -0.1) is 0 Å². The number of nitrogens with zero attached hydrogens (tertiary/aromatic N) is 1. The molecule has 2 aromatic carbocycles. The minimum absolute atomic E-state index is 0.133. The number of cyclic esters (lactones) is 1. The fourth-order valence-electron chi connectivity index (χ4n) is 14.4. The fourth-order valence-corrected chi connectivity index (χ4v) is 14.4. The van der Waals surface area contributed by atoms with E-state index in [0.29, 0.717) is 17.7 Å². The third-order valence-electron chi connectivity index (χ3n) is 21.7. The Kier molecular flexibility index (Phi) is 42.5. The summed E-state index contributed by atoms with van der Waals surface area (Å²) in [6.07, 6.45) is -28.3. The molecule has 11 amide bonds. The molecular formula is C81H125N11O33. The van der Waals surface area contributed by atoms with E-state index >= 15 is 19.2 Å². The summed E-state index contributed by atoms with van der Waals surface area (Å²) in [6.45, 7) is 4.91. The van der Waals surface area contributed by atoms with E-state index in [0.717, 1.165) is 99.1 Å². The molecule has 4 aliphatic heterocycles. The molecule has 27 atom stereocenters. The number of nitrogens with two attached hydrogens (primary N) is 1. The summed E-state index contributed by atoms with van der Waals surface area (Å²) in [4.78, 5) is 174. The highest BCUT2D eigenvalue weighted by molar-refractivity contribution is 6.02. The molecular weight excluding hydrogens is 1650 g/mol. The molecule has 4 fully saturated rings. The Morgan fingerprint density at radius 1 is 0.632 bits per heavy atom. The van der Waals surface area contributed by atoms with Crippen molar-refractivity contribution in [3.63, 3.8) is 0 Å². The summed E-state index contributed by atoms with van der Waals surface area (Å²) >= 11 is 0. The van der Waals surface area contributed by atoms with Crippen LogP contribution in [0, 0.1) is 0 Å². The minimum Gasteiger partial charge on any atom is -0.508 e. The van der Waals surface area contributed by atoms with Crippen molar-refractivity contribution in [2.75, 3.05) is 33.4 Å². The summed E-state index contributed by atoms with van der Waals surface area (Å²) in [5, 5.41) is 174. The minimum atomic E-state index is -2.41. The first kappa shape index (κ1) is 104. The van der Waals surface area contributed by atoms with E-state index in [4.69, 9.17) is 38.9 Å². The van der Waals surface area contributed by atoms with Crippen molar-refractivity contribution in [2.45, 2.75) is 316 Å². The third-order valence-corrected chi connectivity index (χ3v) is 21.7. The van der Waals surface area contributed by atoms with E-state index in [2.05, 4.69) is 54.8 Å². The van der Waals surface area contributed by atoms with Gasteiger partial charge in [0.2, 0.25) is 53.2 Å². The first-order valence-corrected chi connectivity index (χ1v) is 41.7. The predicted molar refractivity (Wildman–Crippen MR) is 432 cm³/mol. The van der Waals surface area contributed by atoms with Crippen LogP contribution < -0.4 is 53.6 Å². The summed E-state index contributed by atoms with van der Waals surface area (Å²) < 4.78 is 41.0. The van der Waals surface area contributed by atoms with Gasteiger partial charge in [0.1, 0.15) is 133 Å². The molecule has 0 aliphatic carbocycles. The number of carbonyl (C=O) groups is 12. The second-order valence-electron chi connectivity index (χ2n) is 31.6. The zero-order chi connectivity index (χ0) is 92.8. The Labute approximate surface area is 721 Å². The van der Waals surface area contributed by atoms with Gasteiger partial charge in [-0.2, -0.15) is 0 Å². The summed E-state index contributed by atoms with van der Waals surface area (Å²) in [5.74, 6) is -15.9. The van der Waals surface area contributed by atoms with E-state index in [9.17, 15) is 110 Å². The normalized spacial score (nSPS) is 30.5. The molecule has 44 heteroatoms. The predicted octanol–water partition coefficient (Wildman–Crippen LogP) is -7.21. The van der Waals surface area contributed by atoms with Crippen molar-refractivity contribution in [1.29, 1.82) is 0 Å². The number of unbranched alkanes of at least 4 members (excludes halogenated alkanes) is 10. The number of allylic oxidation sites excluding steroid dienone is 1. The van der Waals surface area contributed by atoms with Crippen molar-refractivity contribution in [2.24, 2.45) is 5.73 Å². The molecule has 702 valence electrons. The summed E-state index contributed by atoms with van der Waals surface area (Å²) in [7, 11) is 0.993. The first-order valence-electron chi connectivity index (χ1n) is 41.7. The van der Waals surface area contributed by atoms with E-state index in [1.54, 1.807) is 0 Å². The van der Waals surface area contributed by atoms with Crippen LogP contribution in [0.25, 0.3) is 0 Å². The van der Waals surface area contributed by atoms with Crippen molar-refractivity contribution in [3.8, 4) is 11.5 Å². The fraction of sp³-hybridized carbons (Fsp3) is 0.679. The molecule has 4 saturated heterocycles. The van der Waals surface area contributed by atoms with Gasteiger partial charge in [0.15, 0.2) is 25.0 Å². The maximum atomic E-state index is 15.4. The van der Waals surface area contributed by atoms with Crippen molar-refractivity contribution >= 4 is 70.9 Å². The smallest absolute Gasteiger partial charge is 0.329 e. The molecule has 0 bridgehead atoms. The van der Waals surface area contributed by atoms with Gasteiger partial charge in [-0.1, -0.05) is 108 Å². The Hall–Kier alpha value is -9.30. The maximum absolute atomic E-state index is 15.4. The quantitative estimate of drug-likeness (QED) is 0.0171. The van der Waals surface area contributed by atoms with Crippen LogP contribution in [-0.4, -0.2) is 346 Å². The number of aromatic hydroxyl groups is 2. The molecule has 4 heterocycles. The topological polar surface area (TPSA) is 690 Å². The Bertz CT molecular complexity index is 3890. The number of aliphatic hydroxyl groups is 12. The lowest BCUT2D eigenvalue weighted by Crippen LogP contribution is -2.67. The average molecular weight is 1780 g/mol. The molecule has 0 radical (unpaired) electrons. The molecule has 0 spiro atoms. The Balaban J connectivity index is 1.44. The number of benzene rings is 2. The van der Waals surface area contributed by atoms with E-state index in [-0.39, 0.29) is 35.5 Å². The highest BCUT2D eigenvalue weighted by Gasteiger charge is 2.52. The van der Waals surface area contributed by atoms with Crippen LogP contribution in [0.4, 0.5) is 0 Å². The molecule has 4 aliphatic rings. The third kappa shape index (κ3) is 31.0. The number of hydrogen-bond donors (Lipinski definition) is 24. The molecule has 44 nitrogen and oxygen atoms in total. The average Bonchev–Trinajstić information content (AvgIpc) is 0.801. The summed E-state index contributed by atoms with van der Waals surface area (Å²) in [5.41, 5.74) is 5.19. The second kappa shape index (κ2) is 50.9. The largest absolute Gasteiger partial charge is 0.508 e. The van der Waals surface area contributed by atoms with Crippen LogP contribution in [0.2, 0.25) is 0 Å².